The van der Waals surface area contributed by atoms with Gasteiger partial charge >= 0.3 is 0 Å². The van der Waals surface area contributed by atoms with Gasteiger partial charge in [0, 0.05) is 5.38 Å². The van der Waals surface area contributed by atoms with E-state index in [1.807, 2.05) is 12.3 Å². The highest BCUT2D eigenvalue weighted by atomic mass is 32.1. The van der Waals surface area contributed by atoms with Gasteiger partial charge in [0.2, 0.25) is 0 Å². The molecule has 2 heterocycles. The number of thiazole rings is 1. The minimum atomic E-state index is -0.287. The summed E-state index contributed by atoms with van der Waals surface area (Å²) in [7, 11) is 0. The SMILES string of the molecule is Cc1c(NCc2cscn2)cnn1-c1ccccc1F. The summed E-state index contributed by atoms with van der Waals surface area (Å²) >= 11 is 1.56. The Morgan fingerprint density at radius 1 is 1.35 bits per heavy atom. The van der Waals surface area contributed by atoms with Crippen LogP contribution in [0.4, 0.5) is 10.1 Å². The summed E-state index contributed by atoms with van der Waals surface area (Å²) in [5, 5.41) is 9.50. The topological polar surface area (TPSA) is 42.7 Å². The Morgan fingerprint density at radius 2 is 2.20 bits per heavy atom. The molecule has 1 N–H and O–H groups in total. The van der Waals surface area contributed by atoms with E-state index in [0.717, 1.165) is 17.1 Å². The fraction of sp³-hybridized carbons (Fsp3) is 0.143. The fourth-order valence-corrected chi connectivity index (χ4v) is 2.52. The first-order chi connectivity index (χ1) is 9.75. The van der Waals surface area contributed by atoms with Crippen LogP contribution in [-0.2, 0) is 6.54 Å². The second-order valence-electron chi connectivity index (χ2n) is 4.34. The monoisotopic (exact) mass is 288 g/mol. The maximum atomic E-state index is 13.8. The standard InChI is InChI=1S/C14H13FN4S/c1-10-13(16-6-11-8-20-9-17-11)7-18-19(10)14-5-3-2-4-12(14)15/h2-5,7-9,16H,6H2,1H3. The Morgan fingerprint density at radius 3 is 2.95 bits per heavy atom. The maximum absolute atomic E-state index is 13.8. The third-order valence-electron chi connectivity index (χ3n) is 3.03. The van der Waals surface area contributed by atoms with Gasteiger partial charge in [0.25, 0.3) is 0 Å². The molecule has 0 radical (unpaired) electrons. The van der Waals surface area contributed by atoms with Crippen molar-refractivity contribution in [3.63, 3.8) is 0 Å². The lowest BCUT2D eigenvalue weighted by molar-refractivity contribution is 0.608. The number of hydrogen-bond donors (Lipinski definition) is 1. The van der Waals surface area contributed by atoms with E-state index in [4.69, 9.17) is 0 Å². The molecular weight excluding hydrogens is 275 g/mol. The van der Waals surface area contributed by atoms with E-state index in [0.29, 0.717) is 12.2 Å². The minimum absolute atomic E-state index is 0.287. The average molecular weight is 288 g/mol. The summed E-state index contributed by atoms with van der Waals surface area (Å²) in [4.78, 5) is 4.21. The molecule has 20 heavy (non-hydrogen) atoms. The van der Waals surface area contributed by atoms with E-state index >= 15 is 0 Å². The van der Waals surface area contributed by atoms with E-state index in [-0.39, 0.29) is 5.82 Å². The van der Waals surface area contributed by atoms with Crippen LogP contribution in [-0.4, -0.2) is 14.8 Å². The molecule has 0 fully saturated rings. The fourth-order valence-electron chi connectivity index (χ4n) is 1.96. The molecule has 6 heteroatoms. The highest BCUT2D eigenvalue weighted by Gasteiger charge is 2.11. The quantitative estimate of drug-likeness (QED) is 0.800. The third kappa shape index (κ3) is 2.42. The van der Waals surface area contributed by atoms with E-state index in [2.05, 4.69) is 15.4 Å². The number of nitrogens with one attached hydrogen (secondary N) is 1. The predicted molar refractivity (Wildman–Crippen MR) is 77.7 cm³/mol. The van der Waals surface area contributed by atoms with E-state index in [9.17, 15) is 4.39 Å². The van der Waals surface area contributed by atoms with Gasteiger partial charge in [0.05, 0.1) is 35.3 Å². The normalized spacial score (nSPS) is 10.7. The van der Waals surface area contributed by atoms with Crippen molar-refractivity contribution in [2.24, 2.45) is 0 Å². The van der Waals surface area contributed by atoms with Crippen LogP contribution < -0.4 is 5.32 Å². The molecule has 102 valence electrons. The van der Waals surface area contributed by atoms with Gasteiger partial charge in [-0.05, 0) is 19.1 Å². The molecule has 0 amide bonds. The molecule has 0 atom stereocenters. The Labute approximate surface area is 119 Å². The number of nitrogens with zero attached hydrogens (tertiary/aromatic N) is 3. The lowest BCUT2D eigenvalue weighted by Gasteiger charge is -2.07. The lowest BCUT2D eigenvalue weighted by Crippen LogP contribution is -2.04. The van der Waals surface area contributed by atoms with Crippen LogP contribution in [0, 0.1) is 12.7 Å². The van der Waals surface area contributed by atoms with Crippen molar-refractivity contribution in [2.75, 3.05) is 5.32 Å². The molecule has 0 aliphatic heterocycles. The highest BCUT2D eigenvalue weighted by molar-refractivity contribution is 7.07. The van der Waals surface area contributed by atoms with E-state index in [1.165, 1.54) is 6.07 Å². The van der Waals surface area contributed by atoms with E-state index < -0.39 is 0 Å². The Bertz CT molecular complexity index is 706. The van der Waals surface area contributed by atoms with Gasteiger partial charge in [0.1, 0.15) is 11.5 Å². The first-order valence-electron chi connectivity index (χ1n) is 6.16. The van der Waals surface area contributed by atoms with E-state index in [1.54, 1.807) is 45.9 Å². The minimum Gasteiger partial charge on any atom is -0.377 e. The zero-order chi connectivity index (χ0) is 13.9. The zero-order valence-electron chi connectivity index (χ0n) is 10.9. The number of para-hydroxylation sites is 1. The maximum Gasteiger partial charge on any atom is 0.148 e. The molecule has 3 rings (SSSR count). The Hall–Kier alpha value is -2.21. The molecule has 0 unspecified atom stereocenters. The number of anilines is 1. The number of rotatable bonds is 4. The van der Waals surface area contributed by atoms with Crippen molar-refractivity contribution >= 4 is 17.0 Å². The molecule has 0 bridgehead atoms. The van der Waals surface area contributed by atoms with Gasteiger partial charge < -0.3 is 5.32 Å². The van der Waals surface area contributed by atoms with Gasteiger partial charge in [-0.1, -0.05) is 12.1 Å². The number of benzene rings is 1. The van der Waals surface area contributed by atoms with Gasteiger partial charge in [0.15, 0.2) is 0 Å². The zero-order valence-corrected chi connectivity index (χ0v) is 11.7. The lowest BCUT2D eigenvalue weighted by atomic mass is 10.3. The molecule has 0 aliphatic rings. The molecule has 0 saturated heterocycles. The first-order valence-corrected chi connectivity index (χ1v) is 7.10. The highest BCUT2D eigenvalue weighted by Crippen LogP contribution is 2.20. The molecule has 0 aliphatic carbocycles. The van der Waals surface area contributed by atoms with Crippen molar-refractivity contribution in [1.29, 1.82) is 0 Å². The van der Waals surface area contributed by atoms with Crippen molar-refractivity contribution < 1.29 is 4.39 Å². The molecule has 0 spiro atoms. The molecule has 4 nitrogen and oxygen atoms in total. The first kappa shape index (κ1) is 12.8. The van der Waals surface area contributed by atoms with Crippen molar-refractivity contribution in [1.82, 2.24) is 14.8 Å². The van der Waals surface area contributed by atoms with Crippen molar-refractivity contribution in [2.45, 2.75) is 13.5 Å². The molecular formula is C14H13FN4S. The Balaban J connectivity index is 1.84. The molecule has 0 saturated carbocycles. The van der Waals surface area contributed by atoms with Crippen molar-refractivity contribution in [3.05, 3.63) is 58.6 Å². The van der Waals surface area contributed by atoms with Crippen LogP contribution in [0.1, 0.15) is 11.4 Å². The van der Waals surface area contributed by atoms with Gasteiger partial charge in [-0.25, -0.2) is 14.1 Å². The van der Waals surface area contributed by atoms with Crippen molar-refractivity contribution in [3.8, 4) is 5.69 Å². The third-order valence-corrected chi connectivity index (χ3v) is 3.67. The van der Waals surface area contributed by atoms with Crippen LogP contribution in [0.5, 0.6) is 0 Å². The molecule has 1 aromatic carbocycles. The number of aromatic nitrogens is 3. The van der Waals surface area contributed by atoms with Crippen LogP contribution in [0.25, 0.3) is 5.69 Å². The summed E-state index contributed by atoms with van der Waals surface area (Å²) in [5.74, 6) is -0.287. The van der Waals surface area contributed by atoms with Gasteiger partial charge in [-0.2, -0.15) is 5.10 Å². The summed E-state index contributed by atoms with van der Waals surface area (Å²) < 4.78 is 15.4. The smallest absolute Gasteiger partial charge is 0.148 e. The summed E-state index contributed by atoms with van der Waals surface area (Å²) in [6.07, 6.45) is 1.70. The second-order valence-corrected chi connectivity index (χ2v) is 5.06. The molecule has 3 aromatic rings. The Kier molecular flexibility index (Phi) is 3.47. The van der Waals surface area contributed by atoms with Crippen LogP contribution in [0.15, 0.2) is 41.4 Å². The van der Waals surface area contributed by atoms with Crippen LogP contribution in [0.3, 0.4) is 0 Å². The molecule has 2 aromatic heterocycles. The summed E-state index contributed by atoms with van der Waals surface area (Å²) in [5.41, 5.74) is 4.97. The van der Waals surface area contributed by atoms with Crippen LogP contribution >= 0.6 is 11.3 Å². The van der Waals surface area contributed by atoms with Crippen LogP contribution in [0.2, 0.25) is 0 Å². The van der Waals surface area contributed by atoms with Gasteiger partial charge in [-0.3, -0.25) is 0 Å². The number of hydrogen-bond acceptors (Lipinski definition) is 4. The second kappa shape index (κ2) is 5.42. The largest absolute Gasteiger partial charge is 0.377 e. The average Bonchev–Trinajstić information content (AvgIpc) is 3.07. The predicted octanol–water partition coefficient (Wildman–Crippen LogP) is 3.39. The summed E-state index contributed by atoms with van der Waals surface area (Å²) in [6, 6.07) is 6.60. The van der Waals surface area contributed by atoms with Gasteiger partial charge in [-0.15, -0.1) is 11.3 Å². The number of halogens is 1. The summed E-state index contributed by atoms with van der Waals surface area (Å²) in [6.45, 7) is 2.54.